The molecule has 0 spiro atoms. The first-order valence-corrected chi connectivity index (χ1v) is 9.63. The zero-order chi connectivity index (χ0) is 18.6. The lowest BCUT2D eigenvalue weighted by Gasteiger charge is -2.26. The minimum atomic E-state index is -3.53. The molecule has 0 aromatic heterocycles. The van der Waals surface area contributed by atoms with Gasteiger partial charge in [0.05, 0.1) is 24.1 Å². The van der Waals surface area contributed by atoms with Crippen molar-refractivity contribution < 1.29 is 17.6 Å². The van der Waals surface area contributed by atoms with Crippen LogP contribution >= 0.6 is 0 Å². The second-order valence-electron chi connectivity index (χ2n) is 5.81. The minimum Gasteiger partial charge on any atom is -0.350 e. The highest BCUT2D eigenvalue weighted by Gasteiger charge is 2.21. The summed E-state index contributed by atoms with van der Waals surface area (Å²) in [5.41, 5.74) is 2.18. The number of hydrogen-bond acceptors (Lipinski definition) is 3. The highest BCUT2D eigenvalue weighted by atomic mass is 32.2. The van der Waals surface area contributed by atoms with Crippen LogP contribution in [0.3, 0.4) is 0 Å². The lowest BCUT2D eigenvalue weighted by atomic mass is 10.1. The number of carbonyl (C=O) groups is 1. The van der Waals surface area contributed by atoms with Gasteiger partial charge >= 0.3 is 0 Å². The van der Waals surface area contributed by atoms with Gasteiger partial charge < -0.3 is 5.32 Å². The third-order valence-electron chi connectivity index (χ3n) is 3.81. The molecule has 1 amide bonds. The van der Waals surface area contributed by atoms with Crippen molar-refractivity contribution in [3.8, 4) is 0 Å². The van der Waals surface area contributed by atoms with E-state index in [2.05, 4.69) is 5.32 Å². The second-order valence-corrected chi connectivity index (χ2v) is 7.72. The maximum absolute atomic E-state index is 13.6. The van der Waals surface area contributed by atoms with Gasteiger partial charge in [0, 0.05) is 6.54 Å². The first-order valence-electron chi connectivity index (χ1n) is 7.78. The number of sulfonamides is 1. The average molecular weight is 364 g/mol. The number of rotatable bonds is 6. The summed E-state index contributed by atoms with van der Waals surface area (Å²) < 4.78 is 39.3. The zero-order valence-corrected chi connectivity index (χ0v) is 15.2. The number of aryl methyl sites for hydroxylation is 2. The van der Waals surface area contributed by atoms with E-state index in [1.807, 2.05) is 32.0 Å². The van der Waals surface area contributed by atoms with E-state index in [0.29, 0.717) is 5.69 Å². The van der Waals surface area contributed by atoms with Crippen LogP contribution in [0.4, 0.5) is 10.1 Å². The predicted molar refractivity (Wildman–Crippen MR) is 96.8 cm³/mol. The molecule has 2 rings (SSSR count). The Balaban J connectivity index is 2.15. The quantitative estimate of drug-likeness (QED) is 0.857. The smallest absolute Gasteiger partial charge is 0.254 e. The molecule has 0 aliphatic rings. The Kier molecular flexibility index (Phi) is 5.79. The molecule has 0 radical (unpaired) electrons. The first-order chi connectivity index (χ1) is 11.7. The van der Waals surface area contributed by atoms with Crippen molar-refractivity contribution in [2.75, 3.05) is 23.7 Å². The topological polar surface area (TPSA) is 66.5 Å². The molecule has 0 heterocycles. The fraction of sp³-hybridized carbons (Fsp3) is 0.278. The molecular weight excluding hydrogens is 343 g/mol. The van der Waals surface area contributed by atoms with Gasteiger partial charge in [-0.2, -0.15) is 0 Å². The second kappa shape index (κ2) is 7.65. The predicted octanol–water partition coefficient (Wildman–Crippen LogP) is 2.64. The molecule has 0 unspecified atom stereocenters. The van der Waals surface area contributed by atoms with Crippen molar-refractivity contribution in [3.63, 3.8) is 0 Å². The number of para-hydroxylation sites is 1. The van der Waals surface area contributed by atoms with Gasteiger partial charge in [-0.25, -0.2) is 12.8 Å². The average Bonchev–Trinajstić information content (AvgIpc) is 2.52. The van der Waals surface area contributed by atoms with E-state index >= 15 is 0 Å². The number of benzene rings is 2. The molecule has 5 nitrogen and oxygen atoms in total. The zero-order valence-electron chi connectivity index (χ0n) is 14.4. The standard InChI is InChI=1S/C18H21FN2O3S/c1-13-7-6-8-14(2)17(13)21(25(3,23)24)12-11-20-18(22)15-9-4-5-10-16(15)19/h4-10H,11-12H2,1-3H3,(H,20,22). The van der Waals surface area contributed by atoms with Gasteiger partial charge in [-0.05, 0) is 37.1 Å². The molecule has 0 atom stereocenters. The van der Waals surface area contributed by atoms with Crippen LogP contribution in [0, 0.1) is 19.7 Å². The van der Waals surface area contributed by atoms with Crippen LogP contribution in [0.2, 0.25) is 0 Å². The van der Waals surface area contributed by atoms with Crippen molar-refractivity contribution in [1.82, 2.24) is 5.32 Å². The summed E-state index contributed by atoms with van der Waals surface area (Å²) in [6.07, 6.45) is 1.12. The molecule has 2 aromatic carbocycles. The lowest BCUT2D eigenvalue weighted by molar-refractivity contribution is 0.0951. The van der Waals surface area contributed by atoms with E-state index in [1.165, 1.54) is 22.5 Å². The van der Waals surface area contributed by atoms with E-state index in [1.54, 1.807) is 6.07 Å². The van der Waals surface area contributed by atoms with Gasteiger partial charge in [-0.1, -0.05) is 30.3 Å². The Labute approximate surface area is 147 Å². The molecule has 0 bridgehead atoms. The van der Waals surface area contributed by atoms with E-state index < -0.39 is 21.7 Å². The van der Waals surface area contributed by atoms with Crippen molar-refractivity contribution in [2.45, 2.75) is 13.8 Å². The molecule has 0 aliphatic carbocycles. The molecule has 1 N–H and O–H groups in total. The van der Waals surface area contributed by atoms with Crippen LogP contribution < -0.4 is 9.62 Å². The van der Waals surface area contributed by atoms with Crippen LogP contribution in [0.15, 0.2) is 42.5 Å². The van der Waals surface area contributed by atoms with E-state index in [9.17, 15) is 17.6 Å². The monoisotopic (exact) mass is 364 g/mol. The number of hydrogen-bond donors (Lipinski definition) is 1. The van der Waals surface area contributed by atoms with E-state index in [4.69, 9.17) is 0 Å². The highest BCUT2D eigenvalue weighted by molar-refractivity contribution is 7.92. The van der Waals surface area contributed by atoms with Gasteiger partial charge in [0.15, 0.2) is 0 Å². The number of amides is 1. The number of anilines is 1. The number of halogens is 1. The van der Waals surface area contributed by atoms with Crippen molar-refractivity contribution >= 4 is 21.6 Å². The summed E-state index contributed by atoms with van der Waals surface area (Å²) in [5.74, 6) is -1.19. The summed E-state index contributed by atoms with van der Waals surface area (Å²) in [4.78, 5) is 12.0. The van der Waals surface area contributed by atoms with E-state index in [-0.39, 0.29) is 18.7 Å². The van der Waals surface area contributed by atoms with Crippen LogP contribution in [0.1, 0.15) is 21.5 Å². The van der Waals surface area contributed by atoms with Crippen LogP contribution in [-0.2, 0) is 10.0 Å². The molecule has 0 fully saturated rings. The SMILES string of the molecule is Cc1cccc(C)c1N(CCNC(=O)c1ccccc1F)S(C)(=O)=O. The minimum absolute atomic E-state index is 0.0602. The van der Waals surface area contributed by atoms with E-state index in [0.717, 1.165) is 17.4 Å². The summed E-state index contributed by atoms with van der Waals surface area (Å²) >= 11 is 0. The molecule has 0 saturated carbocycles. The third kappa shape index (κ3) is 4.57. The Morgan fingerprint density at radius 3 is 2.24 bits per heavy atom. The third-order valence-corrected chi connectivity index (χ3v) is 4.97. The molecule has 0 saturated heterocycles. The molecule has 7 heteroatoms. The molecule has 134 valence electrons. The van der Waals surface area contributed by atoms with Gasteiger partial charge in [0.25, 0.3) is 5.91 Å². The summed E-state index contributed by atoms with van der Waals surface area (Å²) in [6.45, 7) is 3.79. The highest BCUT2D eigenvalue weighted by Crippen LogP contribution is 2.26. The number of nitrogens with one attached hydrogen (secondary N) is 1. The van der Waals surface area contributed by atoms with Crippen molar-refractivity contribution in [3.05, 3.63) is 65.0 Å². The molecular formula is C18H21FN2O3S. The van der Waals surface area contributed by atoms with Crippen LogP contribution in [-0.4, -0.2) is 33.7 Å². The Morgan fingerprint density at radius 1 is 1.08 bits per heavy atom. The van der Waals surface area contributed by atoms with Crippen molar-refractivity contribution in [1.29, 1.82) is 0 Å². The van der Waals surface area contributed by atoms with Crippen molar-refractivity contribution in [2.24, 2.45) is 0 Å². The number of carbonyl (C=O) groups excluding carboxylic acids is 1. The molecule has 25 heavy (non-hydrogen) atoms. The summed E-state index contributed by atoms with van der Waals surface area (Å²) in [6, 6.07) is 11.2. The summed E-state index contributed by atoms with van der Waals surface area (Å²) in [7, 11) is -3.53. The van der Waals surface area contributed by atoms with Gasteiger partial charge in [-0.15, -0.1) is 0 Å². The Bertz CT molecular complexity index is 861. The summed E-state index contributed by atoms with van der Waals surface area (Å²) in [5, 5.41) is 2.57. The first kappa shape index (κ1) is 18.9. The van der Waals surface area contributed by atoms with Gasteiger partial charge in [-0.3, -0.25) is 9.10 Å². The lowest BCUT2D eigenvalue weighted by Crippen LogP contribution is -2.39. The number of nitrogens with zero attached hydrogens (tertiary/aromatic N) is 1. The van der Waals surface area contributed by atoms with Crippen LogP contribution in [0.5, 0.6) is 0 Å². The molecule has 2 aromatic rings. The maximum Gasteiger partial charge on any atom is 0.254 e. The fourth-order valence-electron chi connectivity index (χ4n) is 2.65. The van der Waals surface area contributed by atoms with Crippen LogP contribution in [0.25, 0.3) is 0 Å². The molecule has 0 aliphatic heterocycles. The van der Waals surface area contributed by atoms with Gasteiger partial charge in [0.1, 0.15) is 5.82 Å². The fourth-order valence-corrected chi connectivity index (χ4v) is 3.70. The van der Waals surface area contributed by atoms with Gasteiger partial charge in [0.2, 0.25) is 10.0 Å². The Hall–Kier alpha value is -2.41. The maximum atomic E-state index is 13.6. The largest absolute Gasteiger partial charge is 0.350 e. The normalized spacial score (nSPS) is 11.2. The Morgan fingerprint density at radius 2 is 1.68 bits per heavy atom.